The molecule has 4 heteroatoms. The number of rotatable bonds is 4. The van der Waals surface area contributed by atoms with Crippen LogP contribution >= 0.6 is 0 Å². The van der Waals surface area contributed by atoms with Crippen LogP contribution in [0.15, 0.2) is 36.7 Å². The molecule has 0 bridgehead atoms. The molecule has 2 N–H and O–H groups in total. The molecule has 2 aromatic rings. The second kappa shape index (κ2) is 4.88. The van der Waals surface area contributed by atoms with Gasteiger partial charge < -0.3 is 10.6 Å². The van der Waals surface area contributed by atoms with Crippen LogP contribution < -0.4 is 10.6 Å². The Kier molecular flexibility index (Phi) is 3.07. The third-order valence-corrected chi connectivity index (χ3v) is 3.51. The second-order valence-electron chi connectivity index (χ2n) is 5.02. The van der Waals surface area contributed by atoms with E-state index in [1.165, 1.54) is 12.8 Å². The highest BCUT2D eigenvalue weighted by atomic mass is 15.2. The van der Waals surface area contributed by atoms with Crippen molar-refractivity contribution in [1.29, 1.82) is 0 Å². The Morgan fingerprint density at radius 3 is 2.63 bits per heavy atom. The van der Waals surface area contributed by atoms with E-state index < -0.39 is 0 Å². The fourth-order valence-corrected chi connectivity index (χ4v) is 2.31. The number of aryl methyl sites for hydroxylation is 1. The lowest BCUT2D eigenvalue weighted by Gasteiger charge is -2.25. The lowest BCUT2D eigenvalue weighted by Crippen LogP contribution is -2.27. The van der Waals surface area contributed by atoms with Crippen LogP contribution in [0.25, 0.3) is 0 Å². The molecule has 1 aliphatic carbocycles. The van der Waals surface area contributed by atoms with Gasteiger partial charge in [-0.2, -0.15) is 0 Å². The molecule has 0 amide bonds. The van der Waals surface area contributed by atoms with Crippen LogP contribution in [0.2, 0.25) is 0 Å². The van der Waals surface area contributed by atoms with E-state index in [1.807, 2.05) is 25.1 Å². The van der Waals surface area contributed by atoms with E-state index in [1.54, 1.807) is 12.4 Å². The monoisotopic (exact) mass is 254 g/mol. The Bertz CT molecular complexity index is 578. The van der Waals surface area contributed by atoms with Crippen molar-refractivity contribution in [2.75, 3.05) is 10.6 Å². The minimum absolute atomic E-state index is 0.579. The SMILES string of the molecule is Cc1nccnc1N(Cc1ccccc1N)C1CC1. The third kappa shape index (κ3) is 2.52. The van der Waals surface area contributed by atoms with Crippen molar-refractivity contribution in [2.45, 2.75) is 32.4 Å². The molecule has 1 aromatic heterocycles. The first-order valence-electron chi connectivity index (χ1n) is 6.63. The van der Waals surface area contributed by atoms with Crippen LogP contribution in [0, 0.1) is 6.92 Å². The summed E-state index contributed by atoms with van der Waals surface area (Å²) >= 11 is 0. The molecular formula is C15H18N4. The zero-order valence-corrected chi connectivity index (χ0v) is 11.1. The van der Waals surface area contributed by atoms with Gasteiger partial charge in [0.05, 0.1) is 5.69 Å². The number of anilines is 2. The summed E-state index contributed by atoms with van der Waals surface area (Å²) in [6, 6.07) is 8.60. The van der Waals surface area contributed by atoms with Crippen molar-refractivity contribution >= 4 is 11.5 Å². The van der Waals surface area contributed by atoms with E-state index >= 15 is 0 Å². The summed E-state index contributed by atoms with van der Waals surface area (Å²) in [6.45, 7) is 2.81. The Hall–Kier alpha value is -2.10. The van der Waals surface area contributed by atoms with Crippen LogP contribution in [-0.4, -0.2) is 16.0 Å². The van der Waals surface area contributed by atoms with Gasteiger partial charge in [-0.1, -0.05) is 18.2 Å². The van der Waals surface area contributed by atoms with Gasteiger partial charge in [0, 0.05) is 30.7 Å². The van der Waals surface area contributed by atoms with Crippen molar-refractivity contribution in [3.63, 3.8) is 0 Å². The summed E-state index contributed by atoms with van der Waals surface area (Å²) in [4.78, 5) is 11.2. The van der Waals surface area contributed by atoms with Gasteiger partial charge in [0.1, 0.15) is 0 Å². The Morgan fingerprint density at radius 2 is 1.95 bits per heavy atom. The summed E-state index contributed by atoms with van der Waals surface area (Å²) in [6.07, 6.45) is 5.94. The number of nitrogens with zero attached hydrogens (tertiary/aromatic N) is 3. The van der Waals surface area contributed by atoms with Gasteiger partial charge in [0.25, 0.3) is 0 Å². The number of benzene rings is 1. The minimum Gasteiger partial charge on any atom is -0.398 e. The number of aromatic nitrogens is 2. The van der Waals surface area contributed by atoms with Gasteiger partial charge in [0.15, 0.2) is 5.82 Å². The summed E-state index contributed by atoms with van der Waals surface area (Å²) < 4.78 is 0. The molecule has 1 aliphatic rings. The average Bonchev–Trinajstić information content (AvgIpc) is 3.23. The molecule has 0 atom stereocenters. The molecule has 0 spiro atoms. The van der Waals surface area contributed by atoms with Crippen molar-refractivity contribution in [2.24, 2.45) is 0 Å². The summed E-state index contributed by atoms with van der Waals surface area (Å²) in [5.74, 6) is 0.980. The second-order valence-corrected chi connectivity index (χ2v) is 5.02. The standard InChI is InChI=1S/C15H18N4/c1-11-15(18-9-8-17-11)19(13-6-7-13)10-12-4-2-3-5-14(12)16/h2-5,8-9,13H,6-7,10,16H2,1H3. The van der Waals surface area contributed by atoms with Crippen LogP contribution in [0.1, 0.15) is 24.1 Å². The zero-order chi connectivity index (χ0) is 13.2. The number of hydrogen-bond donors (Lipinski definition) is 1. The summed E-state index contributed by atoms with van der Waals surface area (Å²) in [5.41, 5.74) is 9.01. The number of hydrogen-bond acceptors (Lipinski definition) is 4. The summed E-state index contributed by atoms with van der Waals surface area (Å²) in [7, 11) is 0. The van der Waals surface area contributed by atoms with E-state index in [-0.39, 0.29) is 0 Å². The Balaban J connectivity index is 1.91. The predicted molar refractivity (Wildman–Crippen MR) is 76.8 cm³/mol. The predicted octanol–water partition coefficient (Wildman–Crippen LogP) is 2.54. The lowest BCUT2D eigenvalue weighted by molar-refractivity contribution is 0.769. The highest BCUT2D eigenvalue weighted by Crippen LogP contribution is 2.33. The third-order valence-electron chi connectivity index (χ3n) is 3.51. The highest BCUT2D eigenvalue weighted by Gasteiger charge is 2.31. The first kappa shape index (κ1) is 12.0. The van der Waals surface area contributed by atoms with E-state index in [9.17, 15) is 0 Å². The number of nitrogen functional groups attached to an aromatic ring is 1. The van der Waals surface area contributed by atoms with Crippen LogP contribution in [0.3, 0.4) is 0 Å². The normalized spacial score (nSPS) is 14.4. The Labute approximate surface area is 113 Å². The van der Waals surface area contributed by atoms with E-state index in [0.29, 0.717) is 6.04 Å². The molecule has 1 heterocycles. The smallest absolute Gasteiger partial charge is 0.150 e. The minimum atomic E-state index is 0.579. The molecular weight excluding hydrogens is 236 g/mol. The van der Waals surface area contributed by atoms with Gasteiger partial charge in [-0.05, 0) is 31.4 Å². The maximum absolute atomic E-state index is 6.04. The van der Waals surface area contributed by atoms with Gasteiger partial charge in [0.2, 0.25) is 0 Å². The quantitative estimate of drug-likeness (QED) is 0.852. The maximum atomic E-state index is 6.04. The molecule has 19 heavy (non-hydrogen) atoms. The van der Waals surface area contributed by atoms with Crippen molar-refractivity contribution in [3.05, 3.63) is 47.9 Å². The summed E-state index contributed by atoms with van der Waals surface area (Å²) in [5, 5.41) is 0. The average molecular weight is 254 g/mol. The van der Waals surface area contributed by atoms with E-state index in [2.05, 4.69) is 20.9 Å². The zero-order valence-electron chi connectivity index (χ0n) is 11.1. The number of para-hydroxylation sites is 1. The molecule has 0 unspecified atom stereocenters. The molecule has 3 rings (SSSR count). The molecule has 4 nitrogen and oxygen atoms in total. The van der Waals surface area contributed by atoms with Crippen molar-refractivity contribution < 1.29 is 0 Å². The van der Waals surface area contributed by atoms with Gasteiger partial charge >= 0.3 is 0 Å². The van der Waals surface area contributed by atoms with Crippen LogP contribution in [-0.2, 0) is 6.54 Å². The molecule has 0 aliphatic heterocycles. The fourth-order valence-electron chi connectivity index (χ4n) is 2.31. The van der Waals surface area contributed by atoms with Gasteiger partial charge in [-0.25, -0.2) is 4.98 Å². The first-order valence-corrected chi connectivity index (χ1v) is 6.63. The largest absolute Gasteiger partial charge is 0.398 e. The maximum Gasteiger partial charge on any atom is 0.150 e. The number of nitrogens with two attached hydrogens (primary N) is 1. The fraction of sp³-hybridized carbons (Fsp3) is 0.333. The molecule has 1 saturated carbocycles. The molecule has 98 valence electrons. The van der Waals surface area contributed by atoms with Gasteiger partial charge in [-0.15, -0.1) is 0 Å². The highest BCUT2D eigenvalue weighted by molar-refractivity contribution is 5.51. The van der Waals surface area contributed by atoms with Crippen molar-refractivity contribution in [1.82, 2.24) is 9.97 Å². The topological polar surface area (TPSA) is 55.0 Å². The van der Waals surface area contributed by atoms with E-state index in [4.69, 9.17) is 5.73 Å². The molecule has 0 radical (unpaired) electrons. The Morgan fingerprint density at radius 1 is 1.21 bits per heavy atom. The lowest BCUT2D eigenvalue weighted by atomic mass is 10.1. The molecule has 1 fully saturated rings. The molecule has 1 aromatic carbocycles. The van der Waals surface area contributed by atoms with Crippen molar-refractivity contribution in [3.8, 4) is 0 Å². The van der Waals surface area contributed by atoms with Crippen LogP contribution in [0.5, 0.6) is 0 Å². The first-order chi connectivity index (χ1) is 9.25. The molecule has 0 saturated heterocycles. The van der Waals surface area contributed by atoms with Crippen LogP contribution in [0.4, 0.5) is 11.5 Å². The van der Waals surface area contributed by atoms with Gasteiger partial charge in [-0.3, -0.25) is 4.98 Å². The van der Waals surface area contributed by atoms with E-state index in [0.717, 1.165) is 29.3 Å².